The first-order valence-electron chi connectivity index (χ1n) is 8.28. The fourth-order valence-corrected chi connectivity index (χ4v) is 3.53. The predicted octanol–water partition coefficient (Wildman–Crippen LogP) is 4.32. The molecule has 5 nitrogen and oxygen atoms in total. The van der Waals surface area contributed by atoms with Gasteiger partial charge in [-0.25, -0.2) is 0 Å². The van der Waals surface area contributed by atoms with Crippen molar-refractivity contribution in [1.82, 2.24) is 10.1 Å². The number of aromatic nitrogens is 1. The molecule has 0 spiro atoms. The van der Waals surface area contributed by atoms with Gasteiger partial charge in [0.15, 0.2) is 5.76 Å². The molecule has 0 unspecified atom stereocenters. The summed E-state index contributed by atoms with van der Waals surface area (Å²) in [5.74, 6) is 1.13. The van der Waals surface area contributed by atoms with Gasteiger partial charge < -0.3 is 13.8 Å². The minimum absolute atomic E-state index is 0.0377. The molecule has 1 aliphatic rings. The first-order valence-corrected chi connectivity index (χ1v) is 8.28. The molecule has 1 fully saturated rings. The molecule has 4 rings (SSSR count). The van der Waals surface area contributed by atoms with Gasteiger partial charge in [0.25, 0.3) is 5.91 Å². The van der Waals surface area contributed by atoms with E-state index in [1.165, 1.54) is 0 Å². The molecule has 24 heavy (non-hydrogen) atoms. The summed E-state index contributed by atoms with van der Waals surface area (Å²) in [6.07, 6.45) is 1.86. The second-order valence-electron chi connectivity index (χ2n) is 6.57. The lowest BCUT2D eigenvalue weighted by Gasteiger charge is -2.22. The molecule has 0 aliphatic carbocycles. The highest BCUT2D eigenvalue weighted by molar-refractivity contribution is 5.99. The number of nitrogens with zero attached hydrogens (tertiary/aromatic N) is 2. The molecule has 1 saturated heterocycles. The highest BCUT2D eigenvalue weighted by Gasteiger charge is 2.35. The minimum Gasteiger partial charge on any atom is -0.451 e. The number of fused-ring (bicyclic) bond motifs is 1. The van der Waals surface area contributed by atoms with Crippen LogP contribution < -0.4 is 0 Å². The third-order valence-electron chi connectivity index (χ3n) is 4.79. The van der Waals surface area contributed by atoms with Gasteiger partial charge >= 0.3 is 0 Å². The molecule has 0 radical (unpaired) electrons. The Labute approximate surface area is 140 Å². The molecule has 1 amide bonds. The van der Waals surface area contributed by atoms with Crippen LogP contribution in [0.25, 0.3) is 11.0 Å². The van der Waals surface area contributed by atoms with E-state index in [2.05, 4.69) is 5.16 Å². The molecule has 0 bridgehead atoms. The summed E-state index contributed by atoms with van der Waals surface area (Å²) in [6.45, 7) is 6.54. The van der Waals surface area contributed by atoms with Gasteiger partial charge in [0.1, 0.15) is 17.0 Å². The standard InChI is InChI=1S/C19H20N2O3/c1-11-6-7-14-13(3)18(23-17(14)9-11)19(22)21-8-4-5-16(21)15-10-12(2)24-20-15/h6-7,9-10,16H,4-5,8H2,1-3H3/t16-/m0/s1. The normalized spacial score (nSPS) is 17.8. The van der Waals surface area contributed by atoms with E-state index < -0.39 is 0 Å². The monoisotopic (exact) mass is 324 g/mol. The number of hydrogen-bond donors (Lipinski definition) is 0. The summed E-state index contributed by atoms with van der Waals surface area (Å²) in [5.41, 5.74) is 3.61. The Hall–Kier alpha value is -2.56. The van der Waals surface area contributed by atoms with Crippen molar-refractivity contribution in [3.8, 4) is 0 Å². The van der Waals surface area contributed by atoms with Crippen molar-refractivity contribution in [2.75, 3.05) is 6.54 Å². The summed E-state index contributed by atoms with van der Waals surface area (Å²) in [5, 5.41) is 5.10. The number of rotatable bonds is 2. The fourth-order valence-electron chi connectivity index (χ4n) is 3.53. The molecule has 0 N–H and O–H groups in total. The van der Waals surface area contributed by atoms with E-state index in [1.807, 2.05) is 49.9 Å². The van der Waals surface area contributed by atoms with Crippen molar-refractivity contribution in [1.29, 1.82) is 0 Å². The van der Waals surface area contributed by atoms with E-state index in [1.54, 1.807) is 0 Å². The number of furan rings is 1. The van der Waals surface area contributed by atoms with Gasteiger partial charge in [-0.05, 0) is 45.2 Å². The van der Waals surface area contributed by atoms with E-state index in [4.69, 9.17) is 8.94 Å². The summed E-state index contributed by atoms with van der Waals surface area (Å²) in [6, 6.07) is 7.90. The third kappa shape index (κ3) is 2.31. The Kier molecular flexibility index (Phi) is 3.44. The van der Waals surface area contributed by atoms with Gasteiger partial charge in [0.05, 0.1) is 6.04 Å². The van der Waals surface area contributed by atoms with Crippen LogP contribution in [0.15, 0.2) is 33.2 Å². The zero-order chi connectivity index (χ0) is 16.8. The topological polar surface area (TPSA) is 59.5 Å². The van der Waals surface area contributed by atoms with Gasteiger partial charge in [-0.1, -0.05) is 17.3 Å². The van der Waals surface area contributed by atoms with Crippen molar-refractivity contribution >= 4 is 16.9 Å². The second kappa shape index (κ2) is 5.51. The van der Waals surface area contributed by atoms with Crippen LogP contribution in [0, 0.1) is 20.8 Å². The van der Waals surface area contributed by atoms with E-state index in [0.29, 0.717) is 12.3 Å². The molecule has 3 aromatic rings. The minimum atomic E-state index is -0.0653. The Morgan fingerprint density at radius 2 is 2.08 bits per heavy atom. The average Bonchev–Trinajstić information content (AvgIpc) is 3.25. The number of hydrogen-bond acceptors (Lipinski definition) is 4. The number of likely N-dealkylation sites (tertiary alicyclic amines) is 1. The van der Waals surface area contributed by atoms with Crippen LogP contribution in [0.3, 0.4) is 0 Å². The average molecular weight is 324 g/mol. The maximum absolute atomic E-state index is 13.1. The van der Waals surface area contributed by atoms with Crippen LogP contribution in [-0.4, -0.2) is 22.5 Å². The maximum Gasteiger partial charge on any atom is 0.290 e. The molecular formula is C19H20N2O3. The third-order valence-corrected chi connectivity index (χ3v) is 4.79. The maximum atomic E-state index is 13.1. The molecule has 1 aromatic carbocycles. The number of benzene rings is 1. The van der Waals surface area contributed by atoms with Crippen LogP contribution in [0.2, 0.25) is 0 Å². The van der Waals surface area contributed by atoms with Crippen LogP contribution >= 0.6 is 0 Å². The summed E-state index contributed by atoms with van der Waals surface area (Å²) >= 11 is 0. The van der Waals surface area contributed by atoms with Gasteiger partial charge in [0, 0.05) is 23.6 Å². The fraction of sp³-hybridized carbons (Fsp3) is 0.368. The number of carbonyl (C=O) groups excluding carboxylic acids is 1. The largest absolute Gasteiger partial charge is 0.451 e. The summed E-state index contributed by atoms with van der Waals surface area (Å²) < 4.78 is 11.1. The number of amides is 1. The first-order chi connectivity index (χ1) is 11.5. The Morgan fingerprint density at radius 1 is 1.25 bits per heavy atom. The van der Waals surface area contributed by atoms with Crippen LogP contribution in [0.5, 0.6) is 0 Å². The van der Waals surface area contributed by atoms with E-state index in [-0.39, 0.29) is 11.9 Å². The molecule has 1 atom stereocenters. The molecule has 1 aliphatic heterocycles. The Balaban J connectivity index is 1.71. The van der Waals surface area contributed by atoms with Crippen molar-refractivity contribution in [3.63, 3.8) is 0 Å². The highest BCUT2D eigenvalue weighted by Crippen LogP contribution is 2.35. The lowest BCUT2D eigenvalue weighted by atomic mass is 10.1. The molecule has 5 heteroatoms. The van der Waals surface area contributed by atoms with Crippen LogP contribution in [0.4, 0.5) is 0 Å². The SMILES string of the molecule is Cc1ccc2c(C)c(C(=O)N3CCC[C@H]3c3cc(C)on3)oc2c1. The van der Waals surface area contributed by atoms with Gasteiger partial charge in [0.2, 0.25) is 0 Å². The number of aryl methyl sites for hydroxylation is 3. The van der Waals surface area contributed by atoms with Crippen LogP contribution in [-0.2, 0) is 0 Å². The van der Waals surface area contributed by atoms with Crippen molar-refractivity contribution in [2.45, 2.75) is 39.7 Å². The zero-order valence-corrected chi connectivity index (χ0v) is 14.1. The predicted molar refractivity (Wildman–Crippen MR) is 89.9 cm³/mol. The first kappa shape index (κ1) is 15.0. The van der Waals surface area contributed by atoms with Gasteiger partial charge in [-0.2, -0.15) is 0 Å². The molecule has 2 aromatic heterocycles. The van der Waals surface area contributed by atoms with Crippen molar-refractivity contribution < 1.29 is 13.7 Å². The number of carbonyl (C=O) groups is 1. The van der Waals surface area contributed by atoms with E-state index in [0.717, 1.165) is 46.4 Å². The molecule has 0 saturated carbocycles. The zero-order valence-electron chi connectivity index (χ0n) is 14.1. The molecule has 3 heterocycles. The van der Waals surface area contributed by atoms with Crippen molar-refractivity contribution in [2.24, 2.45) is 0 Å². The van der Waals surface area contributed by atoms with Crippen molar-refractivity contribution in [3.05, 3.63) is 52.6 Å². The molecule has 124 valence electrons. The molecular weight excluding hydrogens is 304 g/mol. The van der Waals surface area contributed by atoms with Gasteiger partial charge in [-0.15, -0.1) is 0 Å². The van der Waals surface area contributed by atoms with Crippen LogP contribution in [0.1, 0.15) is 52.0 Å². The quantitative estimate of drug-likeness (QED) is 0.704. The Morgan fingerprint density at radius 3 is 2.83 bits per heavy atom. The smallest absolute Gasteiger partial charge is 0.290 e. The lowest BCUT2D eigenvalue weighted by Crippen LogP contribution is -2.30. The van der Waals surface area contributed by atoms with E-state index >= 15 is 0 Å². The second-order valence-corrected chi connectivity index (χ2v) is 6.57. The summed E-state index contributed by atoms with van der Waals surface area (Å²) in [4.78, 5) is 14.9. The lowest BCUT2D eigenvalue weighted by molar-refractivity contribution is 0.0700. The summed E-state index contributed by atoms with van der Waals surface area (Å²) in [7, 11) is 0. The van der Waals surface area contributed by atoms with E-state index in [9.17, 15) is 4.79 Å². The highest BCUT2D eigenvalue weighted by atomic mass is 16.5. The van der Waals surface area contributed by atoms with Gasteiger partial charge in [-0.3, -0.25) is 4.79 Å². The Bertz CT molecular complexity index is 922.